The van der Waals surface area contributed by atoms with Gasteiger partial charge in [0.25, 0.3) is 0 Å². The maximum atomic E-state index is 13.7. The van der Waals surface area contributed by atoms with Crippen molar-refractivity contribution in [1.29, 1.82) is 0 Å². The Balaban J connectivity index is 2.15. The molecule has 0 aromatic heterocycles. The standard InChI is InChI=1S/C14H10Cl2FNOS/c15-10-2-1-3-12(13(10)17)19-7-9-5-4-8(14(18)20)6-11(9)16/h1-6H,7H2,(H2,18,20). The van der Waals surface area contributed by atoms with E-state index in [-0.39, 0.29) is 22.4 Å². The molecule has 2 aromatic rings. The van der Waals surface area contributed by atoms with Gasteiger partial charge in [-0.1, -0.05) is 53.6 Å². The predicted molar refractivity (Wildman–Crippen MR) is 83.1 cm³/mol. The molecule has 2 N–H and O–H groups in total. The first kappa shape index (κ1) is 15.0. The van der Waals surface area contributed by atoms with Crippen molar-refractivity contribution in [2.24, 2.45) is 5.73 Å². The van der Waals surface area contributed by atoms with Gasteiger partial charge in [0.1, 0.15) is 11.6 Å². The lowest BCUT2D eigenvalue weighted by atomic mass is 10.1. The van der Waals surface area contributed by atoms with Gasteiger partial charge in [-0.15, -0.1) is 0 Å². The monoisotopic (exact) mass is 329 g/mol. The predicted octanol–water partition coefficient (Wildman–Crippen LogP) is 4.35. The van der Waals surface area contributed by atoms with Gasteiger partial charge in [-0.2, -0.15) is 0 Å². The summed E-state index contributed by atoms with van der Waals surface area (Å²) in [6.07, 6.45) is 0. The topological polar surface area (TPSA) is 35.2 Å². The third-order valence-corrected chi connectivity index (χ3v) is 3.52. The lowest BCUT2D eigenvalue weighted by Gasteiger charge is -2.10. The molecule has 0 saturated heterocycles. The Hall–Kier alpha value is -1.36. The van der Waals surface area contributed by atoms with E-state index in [4.69, 9.17) is 45.9 Å². The molecule has 0 aliphatic rings. The Morgan fingerprint density at radius 3 is 2.60 bits per heavy atom. The molecule has 6 heteroatoms. The molecule has 20 heavy (non-hydrogen) atoms. The maximum absolute atomic E-state index is 13.7. The Labute approximate surface area is 131 Å². The van der Waals surface area contributed by atoms with Crippen LogP contribution in [0.3, 0.4) is 0 Å². The fourth-order valence-corrected chi connectivity index (χ4v) is 2.10. The largest absolute Gasteiger partial charge is 0.486 e. The summed E-state index contributed by atoms with van der Waals surface area (Å²) in [5.74, 6) is -0.517. The fraction of sp³-hybridized carbons (Fsp3) is 0.0714. The van der Waals surface area contributed by atoms with Gasteiger partial charge in [-0.05, 0) is 18.2 Å². The van der Waals surface area contributed by atoms with Crippen molar-refractivity contribution in [2.75, 3.05) is 0 Å². The molecule has 0 spiro atoms. The number of rotatable bonds is 4. The average Bonchev–Trinajstić information content (AvgIpc) is 2.41. The van der Waals surface area contributed by atoms with Crippen LogP contribution in [0.4, 0.5) is 4.39 Å². The third-order valence-electron chi connectivity index (χ3n) is 2.64. The van der Waals surface area contributed by atoms with Crippen LogP contribution in [0.5, 0.6) is 5.75 Å². The van der Waals surface area contributed by atoms with Gasteiger partial charge in [-0.3, -0.25) is 0 Å². The highest BCUT2D eigenvalue weighted by molar-refractivity contribution is 7.80. The van der Waals surface area contributed by atoms with Crippen molar-refractivity contribution in [3.05, 3.63) is 63.4 Å². The van der Waals surface area contributed by atoms with Gasteiger partial charge in [0, 0.05) is 16.1 Å². The summed E-state index contributed by atoms with van der Waals surface area (Å²) in [6, 6.07) is 9.68. The second kappa shape index (κ2) is 6.39. The van der Waals surface area contributed by atoms with E-state index < -0.39 is 5.82 Å². The molecule has 0 atom stereocenters. The lowest BCUT2D eigenvalue weighted by Crippen LogP contribution is -2.09. The number of benzene rings is 2. The molecule has 0 fully saturated rings. The lowest BCUT2D eigenvalue weighted by molar-refractivity contribution is 0.290. The van der Waals surface area contributed by atoms with Gasteiger partial charge in [-0.25, -0.2) is 4.39 Å². The molecule has 0 unspecified atom stereocenters. The van der Waals surface area contributed by atoms with E-state index in [0.29, 0.717) is 16.1 Å². The first-order valence-corrected chi connectivity index (χ1v) is 6.80. The molecular formula is C14H10Cl2FNOS. The van der Waals surface area contributed by atoms with Crippen LogP contribution in [0, 0.1) is 5.82 Å². The number of thiocarbonyl (C=S) groups is 1. The molecule has 0 radical (unpaired) electrons. The molecule has 0 bridgehead atoms. The maximum Gasteiger partial charge on any atom is 0.183 e. The summed E-state index contributed by atoms with van der Waals surface area (Å²) in [5.41, 5.74) is 6.88. The van der Waals surface area contributed by atoms with Crippen LogP contribution >= 0.6 is 35.4 Å². The van der Waals surface area contributed by atoms with Crippen molar-refractivity contribution in [2.45, 2.75) is 6.61 Å². The summed E-state index contributed by atoms with van der Waals surface area (Å²) < 4.78 is 19.0. The molecule has 0 saturated carbocycles. The zero-order chi connectivity index (χ0) is 14.7. The van der Waals surface area contributed by atoms with E-state index >= 15 is 0 Å². The minimum Gasteiger partial charge on any atom is -0.486 e. The minimum atomic E-state index is -0.593. The number of hydrogen-bond donors (Lipinski definition) is 1. The smallest absolute Gasteiger partial charge is 0.183 e. The van der Waals surface area contributed by atoms with Crippen molar-refractivity contribution in [3.63, 3.8) is 0 Å². The van der Waals surface area contributed by atoms with Crippen molar-refractivity contribution in [3.8, 4) is 5.75 Å². The number of ether oxygens (including phenoxy) is 1. The normalized spacial score (nSPS) is 10.3. The molecule has 0 heterocycles. The van der Waals surface area contributed by atoms with Crippen LogP contribution in [-0.2, 0) is 6.61 Å². The van der Waals surface area contributed by atoms with E-state index in [1.807, 2.05) is 0 Å². The highest BCUT2D eigenvalue weighted by Gasteiger charge is 2.09. The second-order valence-corrected chi connectivity index (χ2v) is 5.27. The molecule has 0 aliphatic carbocycles. The van der Waals surface area contributed by atoms with Crippen molar-refractivity contribution >= 4 is 40.4 Å². The van der Waals surface area contributed by atoms with E-state index in [1.54, 1.807) is 24.3 Å². The Morgan fingerprint density at radius 1 is 1.20 bits per heavy atom. The SMILES string of the molecule is NC(=S)c1ccc(COc2cccc(Cl)c2F)c(Cl)c1. The third kappa shape index (κ3) is 3.39. The summed E-state index contributed by atoms with van der Waals surface area (Å²) in [4.78, 5) is 0.264. The zero-order valence-corrected chi connectivity index (χ0v) is 12.5. The first-order chi connectivity index (χ1) is 9.49. The van der Waals surface area contributed by atoms with Crippen LogP contribution in [0.1, 0.15) is 11.1 Å². The summed E-state index contributed by atoms with van der Waals surface area (Å²) in [6.45, 7) is 0.119. The van der Waals surface area contributed by atoms with E-state index in [1.165, 1.54) is 12.1 Å². The number of nitrogens with two attached hydrogens (primary N) is 1. The average molecular weight is 330 g/mol. The van der Waals surface area contributed by atoms with E-state index in [2.05, 4.69) is 0 Å². The molecule has 104 valence electrons. The minimum absolute atomic E-state index is 0.0115. The molecule has 2 nitrogen and oxygen atoms in total. The molecular weight excluding hydrogens is 320 g/mol. The highest BCUT2D eigenvalue weighted by atomic mass is 35.5. The van der Waals surface area contributed by atoms with Gasteiger partial charge >= 0.3 is 0 Å². The van der Waals surface area contributed by atoms with E-state index in [0.717, 1.165) is 0 Å². The summed E-state index contributed by atoms with van der Waals surface area (Å²) in [5, 5.41) is 0.468. The fourth-order valence-electron chi connectivity index (χ4n) is 1.57. The molecule has 2 aromatic carbocycles. The van der Waals surface area contributed by atoms with Crippen molar-refractivity contribution in [1.82, 2.24) is 0 Å². The van der Waals surface area contributed by atoms with Crippen LogP contribution in [0.25, 0.3) is 0 Å². The van der Waals surface area contributed by atoms with Crippen LogP contribution < -0.4 is 10.5 Å². The second-order valence-electron chi connectivity index (χ2n) is 4.01. The van der Waals surface area contributed by atoms with Crippen LogP contribution in [0.15, 0.2) is 36.4 Å². The van der Waals surface area contributed by atoms with Crippen molar-refractivity contribution < 1.29 is 9.13 Å². The quantitative estimate of drug-likeness (QED) is 0.847. The molecule has 0 aliphatic heterocycles. The van der Waals surface area contributed by atoms with Gasteiger partial charge in [0.15, 0.2) is 11.6 Å². The Bertz CT molecular complexity index is 664. The van der Waals surface area contributed by atoms with Gasteiger partial charge < -0.3 is 10.5 Å². The van der Waals surface area contributed by atoms with Crippen LogP contribution in [0.2, 0.25) is 10.0 Å². The summed E-state index contributed by atoms with van der Waals surface area (Å²) >= 11 is 16.6. The zero-order valence-electron chi connectivity index (χ0n) is 10.2. The van der Waals surface area contributed by atoms with Gasteiger partial charge in [0.2, 0.25) is 0 Å². The molecule has 0 amide bonds. The number of halogens is 3. The Kier molecular flexibility index (Phi) is 4.81. The Morgan fingerprint density at radius 2 is 1.95 bits per heavy atom. The van der Waals surface area contributed by atoms with Crippen LogP contribution in [-0.4, -0.2) is 4.99 Å². The molecule has 2 rings (SSSR count). The summed E-state index contributed by atoms with van der Waals surface area (Å²) in [7, 11) is 0. The highest BCUT2D eigenvalue weighted by Crippen LogP contribution is 2.26. The van der Waals surface area contributed by atoms with E-state index in [9.17, 15) is 4.39 Å². The first-order valence-electron chi connectivity index (χ1n) is 5.64. The number of hydrogen-bond acceptors (Lipinski definition) is 2. The van der Waals surface area contributed by atoms with Gasteiger partial charge in [0.05, 0.1) is 5.02 Å².